The number of hydrogen-bond donors (Lipinski definition) is 2. The summed E-state index contributed by atoms with van der Waals surface area (Å²) in [6.45, 7) is 1.40. The number of rotatable bonds is 2. The lowest BCUT2D eigenvalue weighted by Crippen LogP contribution is -2.49. The quantitative estimate of drug-likeness (QED) is 0.824. The number of nitrogens with zero attached hydrogens (tertiary/aromatic N) is 1. The predicted octanol–water partition coefficient (Wildman–Crippen LogP) is 0.430. The van der Waals surface area contributed by atoms with Crippen molar-refractivity contribution >= 4 is 27.9 Å². The van der Waals surface area contributed by atoms with Crippen molar-refractivity contribution < 1.29 is 22.7 Å². The summed E-state index contributed by atoms with van der Waals surface area (Å²) in [5.41, 5.74) is 1.18. The van der Waals surface area contributed by atoms with Crippen molar-refractivity contribution in [2.45, 2.75) is 19.5 Å². The van der Waals surface area contributed by atoms with Gasteiger partial charge in [-0.25, -0.2) is 9.52 Å². The molecule has 0 aromatic heterocycles. The molecule has 9 heteroatoms. The number of nitrogens with one attached hydrogen (secondary N) is 2. The van der Waals surface area contributed by atoms with Gasteiger partial charge in [0.25, 0.3) is 0 Å². The molecular weight excluding hydrogens is 298 g/mol. The Morgan fingerprint density at radius 1 is 1.43 bits per heavy atom. The van der Waals surface area contributed by atoms with Gasteiger partial charge in [0.05, 0.1) is 7.11 Å². The molecule has 8 nitrogen and oxygen atoms in total. The normalized spacial score (nSPS) is 19.1. The highest BCUT2D eigenvalue weighted by atomic mass is 32.2. The van der Waals surface area contributed by atoms with Crippen LogP contribution in [0.3, 0.4) is 0 Å². The molecule has 2 rings (SSSR count). The van der Waals surface area contributed by atoms with Gasteiger partial charge in [0.15, 0.2) is 0 Å². The number of amides is 2. The summed E-state index contributed by atoms with van der Waals surface area (Å²) in [5, 5.41) is 2.65. The van der Waals surface area contributed by atoms with Crippen LogP contribution in [0.1, 0.15) is 12.5 Å². The van der Waals surface area contributed by atoms with E-state index >= 15 is 0 Å². The van der Waals surface area contributed by atoms with Crippen LogP contribution >= 0.6 is 0 Å². The van der Waals surface area contributed by atoms with Crippen molar-refractivity contribution in [3.05, 3.63) is 29.8 Å². The second kappa shape index (κ2) is 5.70. The first-order valence-corrected chi connectivity index (χ1v) is 7.55. The molecule has 0 spiro atoms. The summed E-state index contributed by atoms with van der Waals surface area (Å²) < 4.78 is 31.3. The first-order chi connectivity index (χ1) is 9.85. The van der Waals surface area contributed by atoms with E-state index < -0.39 is 28.3 Å². The van der Waals surface area contributed by atoms with Crippen LogP contribution in [0.2, 0.25) is 0 Å². The molecule has 0 bridgehead atoms. The highest BCUT2D eigenvalue weighted by molar-refractivity contribution is 7.87. The van der Waals surface area contributed by atoms with Gasteiger partial charge in [0.2, 0.25) is 5.91 Å². The molecule has 1 atom stereocenters. The number of hydrogen-bond acceptors (Lipinski definition) is 5. The third-order valence-electron chi connectivity index (χ3n) is 3.12. The number of methoxy groups -OCH3 is 1. The molecule has 1 aliphatic rings. The number of para-hydroxylation sites is 1. The second-order valence-electron chi connectivity index (χ2n) is 4.47. The van der Waals surface area contributed by atoms with Crippen LogP contribution in [-0.4, -0.2) is 37.9 Å². The monoisotopic (exact) mass is 313 g/mol. The smallest absolute Gasteiger partial charge is 0.421 e. The van der Waals surface area contributed by atoms with Gasteiger partial charge in [-0.1, -0.05) is 18.2 Å². The number of ether oxygens (including phenoxy) is 1. The van der Waals surface area contributed by atoms with Gasteiger partial charge in [-0.3, -0.25) is 4.79 Å². The number of carbonyl (C=O) groups excluding carboxylic acids is 2. The van der Waals surface area contributed by atoms with Crippen LogP contribution in [0.4, 0.5) is 10.5 Å². The largest absolute Gasteiger partial charge is 0.452 e. The molecule has 1 aromatic carbocycles. The average Bonchev–Trinajstić information content (AvgIpc) is 2.56. The van der Waals surface area contributed by atoms with Crippen LogP contribution in [-0.2, 0) is 26.3 Å². The number of benzene rings is 1. The molecule has 1 aliphatic heterocycles. The van der Waals surface area contributed by atoms with Gasteiger partial charge >= 0.3 is 16.3 Å². The van der Waals surface area contributed by atoms with E-state index in [1.54, 1.807) is 29.0 Å². The van der Waals surface area contributed by atoms with Crippen LogP contribution in [0.5, 0.6) is 0 Å². The van der Waals surface area contributed by atoms with Crippen molar-refractivity contribution in [3.8, 4) is 0 Å². The summed E-state index contributed by atoms with van der Waals surface area (Å²) in [5.74, 6) is -0.477. The van der Waals surface area contributed by atoms with E-state index in [1.807, 2.05) is 0 Å². The molecule has 1 aromatic rings. The first kappa shape index (κ1) is 15.3. The Bertz CT molecular complexity index is 673. The fraction of sp³-hybridized carbons (Fsp3) is 0.333. The number of fused-ring (bicyclic) bond motifs is 1. The maximum atomic E-state index is 12.2. The molecule has 2 N–H and O–H groups in total. The molecule has 2 amide bonds. The van der Waals surface area contributed by atoms with Crippen molar-refractivity contribution in [2.24, 2.45) is 0 Å². The Balaban J connectivity index is 2.38. The molecule has 0 aliphatic carbocycles. The SMILES string of the molecule is COC(=O)NS(=O)(=O)N1Cc2ccccc2NC(=O)C1C. The van der Waals surface area contributed by atoms with Crippen molar-refractivity contribution in [1.29, 1.82) is 0 Å². The Hall–Kier alpha value is -2.13. The van der Waals surface area contributed by atoms with Crippen molar-refractivity contribution in [2.75, 3.05) is 12.4 Å². The van der Waals surface area contributed by atoms with Gasteiger partial charge < -0.3 is 10.1 Å². The van der Waals surface area contributed by atoms with Gasteiger partial charge in [0.1, 0.15) is 6.04 Å². The second-order valence-corrected chi connectivity index (χ2v) is 6.09. The lowest BCUT2D eigenvalue weighted by Gasteiger charge is -2.24. The molecule has 0 saturated heterocycles. The van der Waals surface area contributed by atoms with E-state index in [2.05, 4.69) is 10.1 Å². The average molecular weight is 313 g/mol. The van der Waals surface area contributed by atoms with Gasteiger partial charge in [0, 0.05) is 12.2 Å². The standard InChI is InChI=1S/C12H15N3O5S/c1-8-11(16)13-10-6-4-3-5-9(10)7-15(8)21(18,19)14-12(17)20-2/h3-6,8H,7H2,1-2H3,(H,13,16)(H,14,17). The Kier molecular flexibility index (Phi) is 4.14. The van der Waals surface area contributed by atoms with Gasteiger partial charge in [-0.05, 0) is 18.6 Å². The van der Waals surface area contributed by atoms with Crippen molar-refractivity contribution in [3.63, 3.8) is 0 Å². The van der Waals surface area contributed by atoms with Gasteiger partial charge in [-0.2, -0.15) is 12.7 Å². The van der Waals surface area contributed by atoms with E-state index in [9.17, 15) is 18.0 Å². The summed E-state index contributed by atoms with van der Waals surface area (Å²) in [6, 6.07) is 5.89. The third-order valence-corrected chi connectivity index (χ3v) is 4.61. The summed E-state index contributed by atoms with van der Waals surface area (Å²) in [7, 11) is -3.14. The minimum atomic E-state index is -4.19. The third kappa shape index (κ3) is 3.14. The highest BCUT2D eigenvalue weighted by Gasteiger charge is 2.36. The van der Waals surface area contributed by atoms with E-state index in [0.29, 0.717) is 11.3 Å². The van der Waals surface area contributed by atoms with E-state index in [0.717, 1.165) is 11.4 Å². The topological polar surface area (TPSA) is 105 Å². The van der Waals surface area contributed by atoms with Crippen LogP contribution in [0, 0.1) is 0 Å². The zero-order chi connectivity index (χ0) is 15.6. The summed E-state index contributed by atoms with van der Waals surface area (Å²) >= 11 is 0. The minimum absolute atomic E-state index is 0.0393. The lowest BCUT2D eigenvalue weighted by atomic mass is 10.2. The van der Waals surface area contributed by atoms with Crippen LogP contribution in [0.25, 0.3) is 0 Å². The van der Waals surface area contributed by atoms with E-state index in [-0.39, 0.29) is 6.54 Å². The number of anilines is 1. The maximum absolute atomic E-state index is 12.2. The van der Waals surface area contributed by atoms with Crippen LogP contribution in [0.15, 0.2) is 24.3 Å². The molecule has 114 valence electrons. The molecule has 0 saturated carbocycles. The Labute approximate surface area is 122 Å². The predicted molar refractivity (Wildman–Crippen MR) is 74.5 cm³/mol. The molecule has 1 heterocycles. The summed E-state index contributed by atoms with van der Waals surface area (Å²) in [6.07, 6.45) is -1.11. The lowest BCUT2D eigenvalue weighted by molar-refractivity contribution is -0.119. The van der Waals surface area contributed by atoms with E-state index in [1.165, 1.54) is 6.92 Å². The fourth-order valence-corrected chi connectivity index (χ4v) is 3.18. The zero-order valence-electron chi connectivity index (χ0n) is 11.5. The molecular formula is C12H15N3O5S. The number of carbonyl (C=O) groups is 2. The maximum Gasteiger partial charge on any atom is 0.421 e. The molecule has 21 heavy (non-hydrogen) atoms. The molecule has 0 radical (unpaired) electrons. The zero-order valence-corrected chi connectivity index (χ0v) is 12.3. The molecule has 0 fully saturated rings. The van der Waals surface area contributed by atoms with E-state index in [4.69, 9.17) is 0 Å². The highest BCUT2D eigenvalue weighted by Crippen LogP contribution is 2.24. The first-order valence-electron chi connectivity index (χ1n) is 6.11. The molecule has 1 unspecified atom stereocenters. The Morgan fingerprint density at radius 3 is 2.76 bits per heavy atom. The van der Waals surface area contributed by atoms with Crippen molar-refractivity contribution in [1.82, 2.24) is 9.03 Å². The fourth-order valence-electron chi connectivity index (χ4n) is 1.95. The summed E-state index contributed by atoms with van der Waals surface area (Å²) in [4.78, 5) is 23.2. The Morgan fingerprint density at radius 2 is 2.10 bits per heavy atom. The minimum Gasteiger partial charge on any atom is -0.452 e. The van der Waals surface area contributed by atoms with Gasteiger partial charge in [-0.15, -0.1) is 0 Å². The van der Waals surface area contributed by atoms with Crippen LogP contribution < -0.4 is 10.0 Å².